The Hall–Kier alpha value is -2.99. The van der Waals surface area contributed by atoms with Crippen molar-refractivity contribution in [2.75, 3.05) is 25.1 Å². The number of aryl methyl sites for hydroxylation is 1. The fourth-order valence-corrected chi connectivity index (χ4v) is 3.48. The van der Waals surface area contributed by atoms with E-state index in [0.717, 1.165) is 65.7 Å². The van der Waals surface area contributed by atoms with Crippen LogP contribution in [0.2, 0.25) is 0 Å². The first-order valence-electron chi connectivity index (χ1n) is 9.51. The van der Waals surface area contributed by atoms with Gasteiger partial charge in [0, 0.05) is 42.7 Å². The van der Waals surface area contributed by atoms with Crippen molar-refractivity contribution in [2.24, 2.45) is 0 Å². The van der Waals surface area contributed by atoms with Gasteiger partial charge in [-0.2, -0.15) is 0 Å². The Morgan fingerprint density at radius 1 is 0.964 bits per heavy atom. The van der Waals surface area contributed by atoms with Gasteiger partial charge in [-0.3, -0.25) is 4.98 Å². The van der Waals surface area contributed by atoms with Gasteiger partial charge in [0.2, 0.25) is 0 Å². The van der Waals surface area contributed by atoms with Gasteiger partial charge >= 0.3 is 0 Å². The molecule has 1 aliphatic heterocycles. The van der Waals surface area contributed by atoms with Crippen LogP contribution in [0.15, 0.2) is 48.8 Å². The fourth-order valence-electron chi connectivity index (χ4n) is 3.48. The molecule has 0 atom stereocenters. The molecule has 1 aromatic carbocycles. The summed E-state index contributed by atoms with van der Waals surface area (Å²) in [5.41, 5.74) is 3.92. The maximum absolute atomic E-state index is 9.76. The van der Waals surface area contributed by atoms with Gasteiger partial charge in [-0.25, -0.2) is 9.97 Å². The molecule has 1 N–H and O–H groups in total. The number of rotatable bonds is 4. The molecular weight excluding hydrogens is 352 g/mol. The highest BCUT2D eigenvalue weighted by atomic mass is 16.5. The van der Waals surface area contributed by atoms with E-state index in [1.807, 2.05) is 49.6 Å². The summed E-state index contributed by atoms with van der Waals surface area (Å²) >= 11 is 0. The largest absolute Gasteiger partial charge is 0.497 e. The number of hydrogen-bond donors (Lipinski definition) is 1. The lowest BCUT2D eigenvalue weighted by Gasteiger charge is -2.30. The zero-order chi connectivity index (χ0) is 19.5. The van der Waals surface area contributed by atoms with E-state index in [0.29, 0.717) is 0 Å². The van der Waals surface area contributed by atoms with Crippen LogP contribution in [-0.4, -0.2) is 46.4 Å². The molecule has 6 nitrogen and oxygen atoms in total. The second kappa shape index (κ2) is 7.94. The van der Waals surface area contributed by atoms with E-state index >= 15 is 0 Å². The maximum atomic E-state index is 9.76. The molecule has 0 saturated carbocycles. The van der Waals surface area contributed by atoms with Gasteiger partial charge in [0.15, 0.2) is 0 Å². The van der Waals surface area contributed by atoms with Crippen LogP contribution < -0.4 is 9.64 Å². The van der Waals surface area contributed by atoms with Crippen LogP contribution >= 0.6 is 0 Å². The lowest BCUT2D eigenvalue weighted by Crippen LogP contribution is -2.36. The third kappa shape index (κ3) is 3.97. The quantitative estimate of drug-likeness (QED) is 0.752. The molecule has 3 aromatic rings. The fraction of sp³-hybridized carbons (Fsp3) is 0.318. The maximum Gasteiger partial charge on any atom is 0.132 e. The van der Waals surface area contributed by atoms with Gasteiger partial charge in [-0.05, 0) is 43.5 Å². The monoisotopic (exact) mass is 376 g/mol. The van der Waals surface area contributed by atoms with Crippen molar-refractivity contribution in [1.29, 1.82) is 0 Å². The van der Waals surface area contributed by atoms with Crippen molar-refractivity contribution in [3.8, 4) is 28.1 Å². The summed E-state index contributed by atoms with van der Waals surface area (Å²) in [7, 11) is 1.66. The number of nitrogens with zero attached hydrogens (tertiary/aromatic N) is 4. The highest BCUT2D eigenvalue weighted by molar-refractivity contribution is 5.71. The number of aliphatic hydroxyl groups is 1. The van der Waals surface area contributed by atoms with Crippen LogP contribution in [0, 0.1) is 6.92 Å². The molecule has 0 unspecified atom stereocenters. The third-order valence-electron chi connectivity index (χ3n) is 5.07. The molecule has 0 radical (unpaired) electrons. The van der Waals surface area contributed by atoms with Gasteiger partial charge in [-0.1, -0.05) is 12.1 Å². The number of benzene rings is 1. The summed E-state index contributed by atoms with van der Waals surface area (Å²) < 4.78 is 5.24. The van der Waals surface area contributed by atoms with Gasteiger partial charge in [0.05, 0.1) is 18.9 Å². The molecule has 1 aliphatic rings. The van der Waals surface area contributed by atoms with E-state index in [-0.39, 0.29) is 6.10 Å². The standard InChI is InChI=1S/C22H24N4O2/c1-15-24-21(12-22(25-15)26-9-7-19(27)8-10-26)18-11-17(13-23-14-18)16-3-5-20(28-2)6-4-16/h3-6,11-14,19,27H,7-10H2,1-2H3. The van der Waals surface area contributed by atoms with Crippen molar-refractivity contribution in [3.63, 3.8) is 0 Å². The molecule has 6 heteroatoms. The minimum atomic E-state index is -0.205. The van der Waals surface area contributed by atoms with Crippen molar-refractivity contribution < 1.29 is 9.84 Å². The lowest BCUT2D eigenvalue weighted by atomic mass is 10.0. The van der Waals surface area contributed by atoms with Gasteiger partial charge in [-0.15, -0.1) is 0 Å². The van der Waals surface area contributed by atoms with Crippen LogP contribution in [0.1, 0.15) is 18.7 Å². The normalized spacial score (nSPS) is 14.9. The van der Waals surface area contributed by atoms with E-state index < -0.39 is 0 Å². The Balaban J connectivity index is 1.65. The Labute approximate surface area is 164 Å². The zero-order valence-electron chi connectivity index (χ0n) is 16.2. The lowest BCUT2D eigenvalue weighted by molar-refractivity contribution is 0.145. The summed E-state index contributed by atoms with van der Waals surface area (Å²) in [6, 6.07) is 12.0. The van der Waals surface area contributed by atoms with E-state index in [4.69, 9.17) is 4.74 Å². The number of hydrogen-bond acceptors (Lipinski definition) is 6. The van der Waals surface area contributed by atoms with Crippen molar-refractivity contribution in [2.45, 2.75) is 25.9 Å². The Kier molecular flexibility index (Phi) is 5.21. The van der Waals surface area contributed by atoms with Gasteiger partial charge < -0.3 is 14.7 Å². The third-order valence-corrected chi connectivity index (χ3v) is 5.07. The summed E-state index contributed by atoms with van der Waals surface area (Å²) in [4.78, 5) is 15.9. The number of methoxy groups -OCH3 is 1. The Morgan fingerprint density at radius 3 is 2.39 bits per heavy atom. The molecule has 144 valence electrons. The minimum Gasteiger partial charge on any atom is -0.497 e. The number of anilines is 1. The molecule has 2 aromatic heterocycles. The average molecular weight is 376 g/mol. The van der Waals surface area contributed by atoms with Crippen LogP contribution in [0.4, 0.5) is 5.82 Å². The Morgan fingerprint density at radius 2 is 1.68 bits per heavy atom. The first-order valence-corrected chi connectivity index (χ1v) is 9.51. The SMILES string of the molecule is COc1ccc(-c2cncc(-c3cc(N4CCC(O)CC4)nc(C)n3)c2)cc1. The molecule has 4 rings (SSSR count). The summed E-state index contributed by atoms with van der Waals surface area (Å²) in [6.07, 6.45) is 5.02. The van der Waals surface area contributed by atoms with Crippen molar-refractivity contribution >= 4 is 5.82 Å². The van der Waals surface area contributed by atoms with Gasteiger partial charge in [0.1, 0.15) is 17.4 Å². The second-order valence-corrected chi connectivity index (χ2v) is 7.07. The number of piperidine rings is 1. The molecule has 28 heavy (non-hydrogen) atoms. The van der Waals surface area contributed by atoms with E-state index in [9.17, 15) is 5.11 Å². The molecule has 0 aliphatic carbocycles. The topological polar surface area (TPSA) is 71.4 Å². The predicted octanol–water partition coefficient (Wildman–Crippen LogP) is 3.48. The number of pyridine rings is 1. The first kappa shape index (κ1) is 18.4. The minimum absolute atomic E-state index is 0.205. The number of aromatic nitrogens is 3. The van der Waals surface area contributed by atoms with E-state index in [1.165, 1.54) is 0 Å². The Bertz CT molecular complexity index is 951. The number of ether oxygens (including phenoxy) is 1. The average Bonchev–Trinajstić information content (AvgIpc) is 2.74. The number of aliphatic hydroxyl groups excluding tert-OH is 1. The van der Waals surface area contributed by atoms with Crippen LogP contribution in [0.25, 0.3) is 22.4 Å². The zero-order valence-corrected chi connectivity index (χ0v) is 16.2. The molecular formula is C22H24N4O2. The second-order valence-electron chi connectivity index (χ2n) is 7.07. The molecule has 1 saturated heterocycles. The van der Waals surface area contributed by atoms with E-state index in [2.05, 4.69) is 25.9 Å². The van der Waals surface area contributed by atoms with Crippen LogP contribution in [0.3, 0.4) is 0 Å². The highest BCUT2D eigenvalue weighted by Crippen LogP contribution is 2.28. The molecule has 0 amide bonds. The van der Waals surface area contributed by atoms with Crippen LogP contribution in [-0.2, 0) is 0 Å². The van der Waals surface area contributed by atoms with E-state index in [1.54, 1.807) is 7.11 Å². The highest BCUT2D eigenvalue weighted by Gasteiger charge is 2.19. The summed E-state index contributed by atoms with van der Waals surface area (Å²) in [5, 5.41) is 9.76. The molecule has 1 fully saturated rings. The molecule has 3 heterocycles. The molecule has 0 spiro atoms. The smallest absolute Gasteiger partial charge is 0.132 e. The first-order chi connectivity index (χ1) is 13.6. The summed E-state index contributed by atoms with van der Waals surface area (Å²) in [6.45, 7) is 3.52. The summed E-state index contributed by atoms with van der Waals surface area (Å²) in [5.74, 6) is 2.47. The van der Waals surface area contributed by atoms with Gasteiger partial charge in [0.25, 0.3) is 0 Å². The van der Waals surface area contributed by atoms with Crippen molar-refractivity contribution in [3.05, 3.63) is 54.6 Å². The predicted molar refractivity (Wildman–Crippen MR) is 109 cm³/mol. The molecule has 0 bridgehead atoms. The van der Waals surface area contributed by atoms with Crippen LogP contribution in [0.5, 0.6) is 5.75 Å². The van der Waals surface area contributed by atoms with Crippen molar-refractivity contribution in [1.82, 2.24) is 15.0 Å².